The first kappa shape index (κ1) is 21.5. The predicted octanol–water partition coefficient (Wildman–Crippen LogP) is 3.39. The van der Waals surface area contributed by atoms with Gasteiger partial charge in [-0.3, -0.25) is 9.79 Å². The fraction of sp³-hybridized carbons (Fsp3) is 0.476. The lowest BCUT2D eigenvalue weighted by Crippen LogP contribution is -2.56. The normalized spacial score (nSPS) is 20.7. The predicted molar refractivity (Wildman–Crippen MR) is 115 cm³/mol. The molecule has 2 amide bonds. The van der Waals surface area contributed by atoms with Crippen LogP contribution in [-0.4, -0.2) is 61.6 Å². The number of halogens is 1. The van der Waals surface area contributed by atoms with Gasteiger partial charge in [-0.05, 0) is 43.0 Å². The first-order valence-corrected chi connectivity index (χ1v) is 10.4. The molecule has 2 aliphatic rings. The first-order valence-electron chi connectivity index (χ1n) is 9.64. The van der Waals surface area contributed by atoms with Crippen LogP contribution in [0.1, 0.15) is 31.7 Å². The number of nitrogens with zero attached hydrogens (tertiary/aromatic N) is 2. The summed E-state index contributed by atoms with van der Waals surface area (Å²) in [5, 5.41) is 2.61. The van der Waals surface area contributed by atoms with E-state index in [0.717, 1.165) is 34.2 Å². The monoisotopic (exact) mass is 463 g/mol. The largest absolute Gasteiger partial charge is 0.453 e. The van der Waals surface area contributed by atoms with Crippen LogP contribution in [0.25, 0.3) is 5.57 Å². The van der Waals surface area contributed by atoms with Gasteiger partial charge < -0.3 is 19.7 Å². The van der Waals surface area contributed by atoms with Gasteiger partial charge in [-0.1, -0.05) is 28.1 Å². The Bertz CT molecular complexity index is 822. The first-order chi connectivity index (χ1) is 13.9. The number of rotatable bonds is 6. The minimum absolute atomic E-state index is 0.0716. The zero-order valence-corrected chi connectivity index (χ0v) is 18.4. The van der Waals surface area contributed by atoms with Crippen LogP contribution in [0.4, 0.5) is 4.79 Å². The molecule has 1 saturated heterocycles. The molecule has 1 aromatic rings. The molecule has 8 heteroatoms. The van der Waals surface area contributed by atoms with E-state index >= 15 is 0 Å². The number of likely N-dealkylation sites (tertiary alicyclic amines) is 1. The number of hydrogen-bond donors (Lipinski definition) is 1. The molecule has 29 heavy (non-hydrogen) atoms. The Morgan fingerprint density at radius 2 is 2.00 bits per heavy atom. The Hall–Kier alpha value is -2.19. The second-order valence-electron chi connectivity index (χ2n) is 7.20. The van der Waals surface area contributed by atoms with E-state index in [2.05, 4.69) is 43.1 Å². The summed E-state index contributed by atoms with van der Waals surface area (Å²) in [6.07, 6.45) is 3.23. The van der Waals surface area contributed by atoms with E-state index in [1.165, 1.54) is 14.2 Å². The van der Waals surface area contributed by atoms with Crippen molar-refractivity contribution in [2.45, 2.75) is 44.4 Å². The van der Waals surface area contributed by atoms with Crippen LogP contribution in [0.3, 0.4) is 0 Å². The van der Waals surface area contributed by atoms with Gasteiger partial charge in [0.2, 0.25) is 5.91 Å². The second kappa shape index (κ2) is 9.54. The Kier molecular flexibility index (Phi) is 7.08. The van der Waals surface area contributed by atoms with Crippen LogP contribution < -0.4 is 5.32 Å². The highest BCUT2D eigenvalue weighted by atomic mass is 79.9. The fourth-order valence-corrected chi connectivity index (χ4v) is 4.01. The molecule has 156 valence electrons. The maximum atomic E-state index is 13.3. The summed E-state index contributed by atoms with van der Waals surface area (Å²) < 4.78 is 11.0. The van der Waals surface area contributed by atoms with Crippen molar-refractivity contribution < 1.29 is 19.1 Å². The maximum Gasteiger partial charge on any atom is 0.407 e. The van der Waals surface area contributed by atoms with Gasteiger partial charge in [0, 0.05) is 36.5 Å². The molecule has 3 rings (SSSR count). The van der Waals surface area contributed by atoms with Crippen molar-refractivity contribution >= 4 is 39.2 Å². The van der Waals surface area contributed by atoms with Crippen LogP contribution in [0.15, 0.2) is 39.9 Å². The average molecular weight is 464 g/mol. The molecule has 0 spiro atoms. The molecule has 0 radical (unpaired) electrons. The van der Waals surface area contributed by atoms with Gasteiger partial charge >= 0.3 is 6.09 Å². The number of nitrogens with one attached hydrogen (secondary N) is 1. The SMILES string of the molecule is COC(=O)N[C@H](C(=O)N1CCC[C@H]1C1=NC=C(c2ccc(Br)cc2)C1)[C@@H](C)OC. The number of amides is 2. The van der Waals surface area contributed by atoms with Crippen LogP contribution in [-0.2, 0) is 14.3 Å². The van der Waals surface area contributed by atoms with E-state index in [9.17, 15) is 9.59 Å². The smallest absolute Gasteiger partial charge is 0.407 e. The van der Waals surface area contributed by atoms with Crippen molar-refractivity contribution in [2.24, 2.45) is 4.99 Å². The van der Waals surface area contributed by atoms with Crippen molar-refractivity contribution in [3.05, 3.63) is 40.5 Å². The van der Waals surface area contributed by atoms with Gasteiger partial charge in [0.1, 0.15) is 6.04 Å². The highest BCUT2D eigenvalue weighted by Crippen LogP contribution is 2.30. The molecule has 0 saturated carbocycles. The summed E-state index contributed by atoms with van der Waals surface area (Å²) in [5.41, 5.74) is 3.25. The number of methoxy groups -OCH3 is 2. The van der Waals surface area contributed by atoms with E-state index in [1.54, 1.807) is 6.92 Å². The van der Waals surface area contributed by atoms with Crippen LogP contribution >= 0.6 is 15.9 Å². The Labute approximate surface area is 179 Å². The summed E-state index contributed by atoms with van der Waals surface area (Å²) >= 11 is 3.46. The number of carbonyl (C=O) groups is 2. The number of benzene rings is 1. The van der Waals surface area contributed by atoms with Gasteiger partial charge in [-0.25, -0.2) is 4.79 Å². The number of allylic oxidation sites excluding steroid dienone is 1. The van der Waals surface area contributed by atoms with E-state index in [1.807, 2.05) is 23.2 Å². The molecule has 1 N–H and O–H groups in total. The lowest BCUT2D eigenvalue weighted by molar-refractivity contribution is -0.136. The lowest BCUT2D eigenvalue weighted by Gasteiger charge is -2.31. The van der Waals surface area contributed by atoms with Gasteiger partial charge in [0.15, 0.2) is 0 Å². The molecule has 0 aliphatic carbocycles. The third-order valence-corrected chi connectivity index (χ3v) is 5.99. The molecule has 1 fully saturated rings. The van der Waals surface area contributed by atoms with Gasteiger partial charge in [-0.15, -0.1) is 0 Å². The van der Waals surface area contributed by atoms with Gasteiger partial charge in [0.05, 0.1) is 19.3 Å². The molecule has 2 aliphatic heterocycles. The van der Waals surface area contributed by atoms with E-state index in [0.29, 0.717) is 13.0 Å². The average Bonchev–Trinajstić information content (AvgIpc) is 3.40. The number of hydrogen-bond acceptors (Lipinski definition) is 5. The third-order valence-electron chi connectivity index (χ3n) is 5.46. The van der Waals surface area contributed by atoms with Crippen LogP contribution in [0.5, 0.6) is 0 Å². The van der Waals surface area contributed by atoms with Crippen molar-refractivity contribution in [3.63, 3.8) is 0 Å². The zero-order valence-electron chi connectivity index (χ0n) is 16.9. The number of ether oxygens (including phenoxy) is 2. The molecule has 0 unspecified atom stereocenters. The van der Waals surface area contributed by atoms with Crippen molar-refractivity contribution in [2.75, 3.05) is 20.8 Å². The minimum atomic E-state index is -0.811. The number of alkyl carbamates (subject to hydrolysis) is 1. The Morgan fingerprint density at radius 1 is 1.28 bits per heavy atom. The van der Waals surface area contributed by atoms with Gasteiger partial charge in [0.25, 0.3) is 0 Å². The standard InChI is InChI=1S/C21H26BrN3O4/c1-13(28-2)19(24-21(27)29-3)20(26)25-10-4-5-18(25)17-11-15(12-23-17)14-6-8-16(22)9-7-14/h6-9,12-13,18-19H,4-5,10-11H2,1-3H3,(H,24,27)/t13-,18+,19+/m1/s1. The molecular formula is C21H26BrN3O4. The molecule has 0 bridgehead atoms. The fourth-order valence-electron chi connectivity index (χ4n) is 3.75. The van der Waals surface area contributed by atoms with E-state index in [-0.39, 0.29) is 11.9 Å². The topological polar surface area (TPSA) is 80.2 Å². The van der Waals surface area contributed by atoms with Crippen molar-refractivity contribution in [1.29, 1.82) is 0 Å². The lowest BCUT2D eigenvalue weighted by atomic mass is 9.98. The van der Waals surface area contributed by atoms with Gasteiger partial charge in [-0.2, -0.15) is 0 Å². The second-order valence-corrected chi connectivity index (χ2v) is 8.12. The quantitative estimate of drug-likeness (QED) is 0.700. The summed E-state index contributed by atoms with van der Waals surface area (Å²) in [5.74, 6) is -0.174. The highest BCUT2D eigenvalue weighted by molar-refractivity contribution is 9.10. The van der Waals surface area contributed by atoms with Crippen LogP contribution in [0, 0.1) is 0 Å². The number of aliphatic imine (C=N–C) groups is 1. The van der Waals surface area contributed by atoms with E-state index in [4.69, 9.17) is 4.74 Å². The molecule has 1 aromatic carbocycles. The zero-order chi connectivity index (χ0) is 21.0. The van der Waals surface area contributed by atoms with Crippen molar-refractivity contribution in [1.82, 2.24) is 10.2 Å². The molecule has 2 heterocycles. The van der Waals surface area contributed by atoms with E-state index < -0.39 is 18.2 Å². The summed E-state index contributed by atoms with van der Waals surface area (Å²) in [4.78, 5) is 31.4. The molecule has 3 atom stereocenters. The summed E-state index contributed by atoms with van der Waals surface area (Å²) in [7, 11) is 2.79. The highest BCUT2D eigenvalue weighted by Gasteiger charge is 2.39. The van der Waals surface area contributed by atoms with Crippen LogP contribution in [0.2, 0.25) is 0 Å². The third kappa shape index (κ3) is 4.87. The molecular weight excluding hydrogens is 438 g/mol. The maximum absolute atomic E-state index is 13.3. The summed E-state index contributed by atoms with van der Waals surface area (Å²) in [6, 6.07) is 7.25. The number of carbonyl (C=O) groups excluding carboxylic acids is 2. The molecule has 0 aromatic heterocycles. The van der Waals surface area contributed by atoms with Crippen molar-refractivity contribution in [3.8, 4) is 0 Å². The Morgan fingerprint density at radius 3 is 2.66 bits per heavy atom. The minimum Gasteiger partial charge on any atom is -0.453 e. The summed E-state index contributed by atoms with van der Waals surface area (Å²) in [6.45, 7) is 2.38. The molecule has 7 nitrogen and oxygen atoms in total. The Balaban J connectivity index is 1.71.